The second-order valence-corrected chi connectivity index (χ2v) is 5.78. The highest BCUT2D eigenvalue weighted by Crippen LogP contribution is 2.42. The Labute approximate surface area is 124 Å². The Morgan fingerprint density at radius 3 is 2.50 bits per heavy atom. The third-order valence-electron chi connectivity index (χ3n) is 4.37. The van der Waals surface area contributed by atoms with E-state index in [1.165, 1.54) is 0 Å². The number of imidazole rings is 1. The summed E-state index contributed by atoms with van der Waals surface area (Å²) in [5.41, 5.74) is 6.81. The van der Waals surface area contributed by atoms with E-state index in [1.807, 2.05) is 0 Å². The topological polar surface area (TPSA) is 71.8 Å². The molecule has 118 valence electrons. The molecule has 2 aromatic rings. The van der Waals surface area contributed by atoms with E-state index < -0.39 is 18.0 Å². The van der Waals surface area contributed by atoms with Crippen molar-refractivity contribution in [2.75, 3.05) is 0 Å². The summed E-state index contributed by atoms with van der Waals surface area (Å²) in [6.45, 7) is 0. The van der Waals surface area contributed by atoms with E-state index >= 15 is 0 Å². The lowest BCUT2D eigenvalue weighted by Gasteiger charge is -2.28. The monoisotopic (exact) mass is 311 g/mol. The molecular formula is C15H16F3N3O. The van der Waals surface area contributed by atoms with Gasteiger partial charge in [0.1, 0.15) is 11.3 Å². The average Bonchev–Trinajstić information content (AvgIpc) is 2.90. The number of carbonyl (C=O) groups excluding carboxylic acids is 1. The highest BCUT2D eigenvalue weighted by molar-refractivity contribution is 6.04. The second kappa shape index (κ2) is 5.30. The fraction of sp³-hybridized carbons (Fsp3) is 0.467. The molecular weight excluding hydrogens is 295 g/mol. The van der Waals surface area contributed by atoms with Gasteiger partial charge in [0.25, 0.3) is 5.91 Å². The number of H-pyrrole nitrogens is 1. The summed E-state index contributed by atoms with van der Waals surface area (Å²) in [5, 5.41) is 0. The number of rotatable bonds is 2. The molecule has 3 rings (SSSR count). The molecule has 1 aromatic heterocycles. The normalized spacial score (nSPS) is 22.9. The van der Waals surface area contributed by atoms with Crippen molar-refractivity contribution in [3.8, 4) is 0 Å². The van der Waals surface area contributed by atoms with Crippen LogP contribution in [0.3, 0.4) is 0 Å². The van der Waals surface area contributed by atoms with Crippen molar-refractivity contribution in [2.24, 2.45) is 11.7 Å². The van der Waals surface area contributed by atoms with E-state index in [-0.39, 0.29) is 18.8 Å². The first kappa shape index (κ1) is 14.9. The number of nitrogens with one attached hydrogen (secondary N) is 1. The Balaban J connectivity index is 1.84. The van der Waals surface area contributed by atoms with Crippen LogP contribution in [0.25, 0.3) is 11.0 Å². The molecule has 1 amide bonds. The lowest BCUT2D eigenvalue weighted by Crippen LogP contribution is -2.27. The number of hydrogen-bond acceptors (Lipinski definition) is 2. The first-order chi connectivity index (χ1) is 10.4. The van der Waals surface area contributed by atoms with Crippen molar-refractivity contribution >= 4 is 16.9 Å². The standard InChI is InChI=1S/C15H16F3N3O/c16-15(17,18)9-6-4-8(5-7-9)14-20-11-3-1-2-10(13(19)22)12(11)21-14/h1-3,8-9H,4-7H2,(H2,19,22)(H,20,21). The molecule has 0 unspecified atom stereocenters. The molecule has 0 saturated heterocycles. The van der Waals surface area contributed by atoms with Crippen LogP contribution in [-0.4, -0.2) is 22.1 Å². The molecule has 0 bridgehead atoms. The average molecular weight is 311 g/mol. The summed E-state index contributed by atoms with van der Waals surface area (Å²) in [5.74, 6) is -1.17. The van der Waals surface area contributed by atoms with E-state index in [2.05, 4.69) is 9.97 Å². The van der Waals surface area contributed by atoms with Gasteiger partial charge in [-0.15, -0.1) is 0 Å². The number of nitrogens with zero attached hydrogens (tertiary/aromatic N) is 1. The van der Waals surface area contributed by atoms with Crippen LogP contribution in [-0.2, 0) is 0 Å². The first-order valence-electron chi connectivity index (χ1n) is 7.21. The maximum Gasteiger partial charge on any atom is 0.391 e. The summed E-state index contributed by atoms with van der Waals surface area (Å²) in [6.07, 6.45) is -2.99. The van der Waals surface area contributed by atoms with Gasteiger partial charge in [-0.3, -0.25) is 4.79 Å². The Kier molecular flexibility index (Phi) is 3.58. The third-order valence-corrected chi connectivity index (χ3v) is 4.37. The van der Waals surface area contributed by atoms with Gasteiger partial charge in [0.05, 0.1) is 17.0 Å². The molecule has 1 aliphatic carbocycles. The van der Waals surface area contributed by atoms with Gasteiger partial charge in [-0.05, 0) is 37.8 Å². The largest absolute Gasteiger partial charge is 0.391 e. The van der Waals surface area contributed by atoms with Crippen LogP contribution in [0.15, 0.2) is 18.2 Å². The molecule has 1 aliphatic rings. The number of nitrogens with two attached hydrogens (primary N) is 1. The minimum absolute atomic E-state index is 0.0354. The van der Waals surface area contributed by atoms with Crippen LogP contribution in [0.1, 0.15) is 47.8 Å². The lowest BCUT2D eigenvalue weighted by molar-refractivity contribution is -0.182. The van der Waals surface area contributed by atoms with Crippen LogP contribution in [0.4, 0.5) is 13.2 Å². The zero-order valence-electron chi connectivity index (χ0n) is 11.8. The van der Waals surface area contributed by atoms with Crippen molar-refractivity contribution in [2.45, 2.75) is 37.8 Å². The summed E-state index contributed by atoms with van der Waals surface area (Å²) >= 11 is 0. The number of hydrogen-bond donors (Lipinski definition) is 2. The molecule has 0 aliphatic heterocycles. The molecule has 4 nitrogen and oxygen atoms in total. The van der Waals surface area contributed by atoms with Gasteiger partial charge < -0.3 is 10.7 Å². The molecule has 0 atom stereocenters. The quantitative estimate of drug-likeness (QED) is 0.891. The maximum atomic E-state index is 12.7. The van der Waals surface area contributed by atoms with Crippen LogP contribution in [0.2, 0.25) is 0 Å². The number of aromatic amines is 1. The first-order valence-corrected chi connectivity index (χ1v) is 7.21. The maximum absolute atomic E-state index is 12.7. The molecule has 7 heteroatoms. The van der Waals surface area contributed by atoms with Crippen LogP contribution in [0, 0.1) is 5.92 Å². The van der Waals surface area contributed by atoms with Gasteiger partial charge in [0, 0.05) is 5.92 Å². The van der Waals surface area contributed by atoms with Gasteiger partial charge in [0.2, 0.25) is 0 Å². The van der Waals surface area contributed by atoms with Gasteiger partial charge in [-0.25, -0.2) is 4.98 Å². The van der Waals surface area contributed by atoms with Crippen molar-refractivity contribution in [1.82, 2.24) is 9.97 Å². The molecule has 1 fully saturated rings. The van der Waals surface area contributed by atoms with Gasteiger partial charge >= 0.3 is 6.18 Å². The third kappa shape index (κ3) is 2.67. The van der Waals surface area contributed by atoms with Gasteiger partial charge in [-0.1, -0.05) is 6.07 Å². The lowest BCUT2D eigenvalue weighted by atomic mass is 9.81. The Hall–Kier alpha value is -2.05. The van der Waals surface area contributed by atoms with Crippen molar-refractivity contribution in [3.05, 3.63) is 29.6 Å². The number of fused-ring (bicyclic) bond motifs is 1. The second-order valence-electron chi connectivity index (χ2n) is 5.78. The fourth-order valence-electron chi connectivity index (χ4n) is 3.14. The van der Waals surface area contributed by atoms with Crippen molar-refractivity contribution in [1.29, 1.82) is 0 Å². The Morgan fingerprint density at radius 1 is 1.23 bits per heavy atom. The molecule has 1 aromatic carbocycles. The van der Waals surface area contributed by atoms with E-state index in [9.17, 15) is 18.0 Å². The summed E-state index contributed by atoms with van der Waals surface area (Å²) in [7, 11) is 0. The SMILES string of the molecule is NC(=O)c1cccc2[nH]c(C3CCC(C(F)(F)F)CC3)nc12. The summed E-state index contributed by atoms with van der Waals surface area (Å²) in [6, 6.07) is 5.07. The Bertz CT molecular complexity index is 700. The van der Waals surface area contributed by atoms with Gasteiger partial charge in [-0.2, -0.15) is 13.2 Å². The minimum Gasteiger partial charge on any atom is -0.366 e. The molecule has 0 radical (unpaired) electrons. The van der Waals surface area contributed by atoms with Gasteiger partial charge in [0.15, 0.2) is 0 Å². The molecule has 1 saturated carbocycles. The molecule has 1 heterocycles. The van der Waals surface area contributed by atoms with Crippen molar-refractivity contribution < 1.29 is 18.0 Å². The number of carbonyl (C=O) groups is 1. The zero-order valence-corrected chi connectivity index (χ0v) is 11.8. The number of amides is 1. The molecule has 3 N–H and O–H groups in total. The summed E-state index contributed by atoms with van der Waals surface area (Å²) < 4.78 is 38.1. The van der Waals surface area contributed by atoms with E-state index in [1.54, 1.807) is 18.2 Å². The zero-order chi connectivity index (χ0) is 15.9. The number of para-hydroxylation sites is 1. The number of aromatic nitrogens is 2. The van der Waals surface area contributed by atoms with Crippen LogP contribution >= 0.6 is 0 Å². The van der Waals surface area contributed by atoms with E-state index in [0.29, 0.717) is 35.3 Å². The number of benzene rings is 1. The van der Waals surface area contributed by atoms with E-state index in [4.69, 9.17) is 5.73 Å². The Morgan fingerprint density at radius 2 is 1.91 bits per heavy atom. The predicted molar refractivity (Wildman–Crippen MR) is 75.4 cm³/mol. The molecule has 22 heavy (non-hydrogen) atoms. The minimum atomic E-state index is -4.11. The highest BCUT2D eigenvalue weighted by atomic mass is 19.4. The smallest absolute Gasteiger partial charge is 0.366 e. The number of halogens is 3. The van der Waals surface area contributed by atoms with Crippen molar-refractivity contribution in [3.63, 3.8) is 0 Å². The summed E-state index contributed by atoms with van der Waals surface area (Å²) in [4.78, 5) is 18.9. The number of alkyl halides is 3. The van der Waals surface area contributed by atoms with Crippen LogP contribution in [0.5, 0.6) is 0 Å². The van der Waals surface area contributed by atoms with E-state index in [0.717, 1.165) is 0 Å². The predicted octanol–water partition coefficient (Wildman–Crippen LogP) is 3.50. The number of primary amides is 1. The molecule has 0 spiro atoms. The van der Waals surface area contributed by atoms with Crippen LogP contribution < -0.4 is 5.73 Å². The highest BCUT2D eigenvalue weighted by Gasteiger charge is 2.42. The fourth-order valence-corrected chi connectivity index (χ4v) is 3.14.